The van der Waals surface area contributed by atoms with Crippen molar-refractivity contribution in [1.29, 1.82) is 0 Å². The first-order valence-electron chi connectivity index (χ1n) is 7.59. The Kier molecular flexibility index (Phi) is 5.46. The van der Waals surface area contributed by atoms with Crippen molar-refractivity contribution in [2.24, 2.45) is 0 Å². The summed E-state index contributed by atoms with van der Waals surface area (Å²) < 4.78 is 0. The van der Waals surface area contributed by atoms with Crippen LogP contribution in [0.1, 0.15) is 38.3 Å². The second kappa shape index (κ2) is 7.55. The van der Waals surface area contributed by atoms with E-state index in [0.717, 1.165) is 30.6 Å². The maximum atomic E-state index is 3.21. The van der Waals surface area contributed by atoms with E-state index in [-0.39, 0.29) is 0 Å². The number of allylic oxidation sites excluding steroid dienone is 4. The molecule has 0 atom stereocenters. The molecule has 0 aromatic heterocycles. The van der Waals surface area contributed by atoms with E-state index in [2.05, 4.69) is 54.1 Å². The molecule has 1 aromatic carbocycles. The van der Waals surface area contributed by atoms with Crippen LogP contribution in [-0.2, 0) is 0 Å². The largest absolute Gasteiger partial charge is 0.377 e. The molecule has 108 valence electrons. The molecule has 0 saturated heterocycles. The molecule has 1 aliphatic rings. The van der Waals surface area contributed by atoms with Gasteiger partial charge in [0.1, 0.15) is 0 Å². The zero-order valence-electron chi connectivity index (χ0n) is 13.2. The highest BCUT2D eigenvalue weighted by molar-refractivity contribution is 5.67. The molecule has 0 unspecified atom stereocenters. The molecule has 0 aliphatic carbocycles. The van der Waals surface area contributed by atoms with Gasteiger partial charge in [0, 0.05) is 24.9 Å². The molecule has 0 amide bonds. The molecule has 2 rings (SSSR count). The van der Waals surface area contributed by atoms with E-state index in [4.69, 9.17) is 0 Å². The lowest BCUT2D eigenvalue weighted by Crippen LogP contribution is -2.12. The quantitative estimate of drug-likeness (QED) is 0.575. The van der Waals surface area contributed by atoms with Crippen molar-refractivity contribution in [1.82, 2.24) is 4.90 Å². The molecule has 0 bridgehead atoms. The standard InChI is InChI=1S/C20H23N/c1-4-6-7-17(3)8-9-18-10-12-19(13-11-18)20-14-15-21(5-2)16-20/h4,6-7,10-13,16H,5,14-15H2,1-3H3/b6-4-,17-7+. The second-order valence-electron chi connectivity index (χ2n) is 5.24. The van der Waals surface area contributed by atoms with Crippen molar-refractivity contribution in [3.05, 3.63) is 65.4 Å². The SMILES string of the molecule is C/C=C\C=C(/C)C#Cc1ccc(C2=CN(CC)CC2)cc1. The van der Waals surface area contributed by atoms with Crippen molar-refractivity contribution in [2.75, 3.05) is 13.1 Å². The number of nitrogens with zero attached hydrogens (tertiary/aromatic N) is 1. The number of benzene rings is 1. The fraction of sp³-hybridized carbons (Fsp3) is 0.300. The van der Waals surface area contributed by atoms with Crippen LogP contribution in [-0.4, -0.2) is 18.0 Å². The Morgan fingerprint density at radius 2 is 2.05 bits per heavy atom. The van der Waals surface area contributed by atoms with Gasteiger partial charge in [-0.2, -0.15) is 0 Å². The average Bonchev–Trinajstić information content (AvgIpc) is 3.00. The average molecular weight is 277 g/mol. The van der Waals surface area contributed by atoms with Gasteiger partial charge in [-0.15, -0.1) is 0 Å². The highest BCUT2D eigenvalue weighted by atomic mass is 15.1. The first-order chi connectivity index (χ1) is 10.2. The van der Waals surface area contributed by atoms with Crippen LogP contribution >= 0.6 is 0 Å². The van der Waals surface area contributed by atoms with Gasteiger partial charge in [-0.25, -0.2) is 0 Å². The van der Waals surface area contributed by atoms with Gasteiger partial charge in [-0.1, -0.05) is 42.2 Å². The molecular formula is C20H23N. The van der Waals surface area contributed by atoms with Crippen LogP contribution in [0.25, 0.3) is 5.57 Å². The van der Waals surface area contributed by atoms with Crippen molar-refractivity contribution < 1.29 is 0 Å². The number of rotatable bonds is 3. The van der Waals surface area contributed by atoms with E-state index < -0.39 is 0 Å². The minimum Gasteiger partial charge on any atom is -0.377 e. The number of hydrogen-bond acceptors (Lipinski definition) is 1. The third kappa shape index (κ3) is 4.39. The minimum absolute atomic E-state index is 1.07. The Labute approximate surface area is 128 Å². The van der Waals surface area contributed by atoms with Gasteiger partial charge in [0.25, 0.3) is 0 Å². The molecular weight excluding hydrogens is 254 g/mol. The Bertz CT molecular complexity index is 618. The highest BCUT2D eigenvalue weighted by Crippen LogP contribution is 2.24. The summed E-state index contributed by atoms with van der Waals surface area (Å²) >= 11 is 0. The summed E-state index contributed by atoms with van der Waals surface area (Å²) in [5.41, 5.74) is 4.89. The lowest BCUT2D eigenvalue weighted by molar-refractivity contribution is 0.430. The maximum absolute atomic E-state index is 3.21. The van der Waals surface area contributed by atoms with Crippen LogP contribution in [0.2, 0.25) is 0 Å². The summed E-state index contributed by atoms with van der Waals surface area (Å²) in [6, 6.07) is 8.58. The lowest BCUT2D eigenvalue weighted by atomic mass is 10.0. The molecule has 0 radical (unpaired) electrons. The smallest absolute Gasteiger partial charge is 0.0249 e. The van der Waals surface area contributed by atoms with E-state index >= 15 is 0 Å². The summed E-state index contributed by atoms with van der Waals surface area (Å²) in [4.78, 5) is 2.36. The minimum atomic E-state index is 1.07. The topological polar surface area (TPSA) is 3.24 Å². The van der Waals surface area contributed by atoms with Gasteiger partial charge in [0.2, 0.25) is 0 Å². The molecule has 1 heterocycles. The van der Waals surface area contributed by atoms with E-state index in [1.807, 2.05) is 32.1 Å². The van der Waals surface area contributed by atoms with E-state index in [1.54, 1.807) is 0 Å². The van der Waals surface area contributed by atoms with Crippen LogP contribution in [0.3, 0.4) is 0 Å². The molecule has 1 nitrogen and oxygen atoms in total. The molecule has 0 spiro atoms. The monoisotopic (exact) mass is 277 g/mol. The summed E-state index contributed by atoms with van der Waals surface area (Å²) in [6.07, 6.45) is 9.48. The number of hydrogen-bond donors (Lipinski definition) is 0. The Morgan fingerprint density at radius 1 is 1.29 bits per heavy atom. The van der Waals surface area contributed by atoms with Crippen LogP contribution in [0.4, 0.5) is 0 Å². The predicted molar refractivity (Wildman–Crippen MR) is 91.7 cm³/mol. The van der Waals surface area contributed by atoms with Gasteiger partial charge in [0.15, 0.2) is 0 Å². The molecule has 0 fully saturated rings. The Hall–Kier alpha value is -2.20. The van der Waals surface area contributed by atoms with E-state index in [9.17, 15) is 0 Å². The van der Waals surface area contributed by atoms with Gasteiger partial charge in [0.05, 0.1) is 0 Å². The van der Waals surface area contributed by atoms with Gasteiger partial charge in [-0.05, 0) is 56.0 Å². The Balaban J connectivity index is 2.08. The van der Waals surface area contributed by atoms with Crippen LogP contribution in [0.5, 0.6) is 0 Å². The van der Waals surface area contributed by atoms with Crippen LogP contribution in [0.15, 0.2) is 54.3 Å². The molecule has 0 N–H and O–H groups in total. The fourth-order valence-corrected chi connectivity index (χ4v) is 2.30. The molecule has 0 saturated carbocycles. The van der Waals surface area contributed by atoms with E-state index in [0.29, 0.717) is 0 Å². The Morgan fingerprint density at radius 3 is 2.67 bits per heavy atom. The molecule has 1 aliphatic heterocycles. The van der Waals surface area contributed by atoms with Crippen LogP contribution in [0, 0.1) is 11.8 Å². The summed E-state index contributed by atoms with van der Waals surface area (Å²) in [5.74, 6) is 6.38. The van der Waals surface area contributed by atoms with Crippen molar-refractivity contribution in [3.8, 4) is 11.8 Å². The van der Waals surface area contributed by atoms with Gasteiger partial charge < -0.3 is 4.90 Å². The zero-order chi connectivity index (χ0) is 15.1. The first kappa shape index (κ1) is 15.2. The lowest BCUT2D eigenvalue weighted by Gasteiger charge is -2.09. The van der Waals surface area contributed by atoms with Gasteiger partial charge in [-0.3, -0.25) is 0 Å². The molecule has 1 aromatic rings. The predicted octanol–water partition coefficient (Wildman–Crippen LogP) is 4.63. The van der Waals surface area contributed by atoms with Crippen LogP contribution < -0.4 is 0 Å². The summed E-state index contributed by atoms with van der Waals surface area (Å²) in [6.45, 7) is 8.46. The third-order valence-electron chi connectivity index (χ3n) is 3.61. The fourth-order valence-electron chi connectivity index (χ4n) is 2.30. The van der Waals surface area contributed by atoms with E-state index in [1.165, 1.54) is 11.1 Å². The van der Waals surface area contributed by atoms with Gasteiger partial charge >= 0.3 is 0 Å². The van der Waals surface area contributed by atoms with Crippen molar-refractivity contribution in [3.63, 3.8) is 0 Å². The van der Waals surface area contributed by atoms with Crippen molar-refractivity contribution >= 4 is 5.57 Å². The zero-order valence-corrected chi connectivity index (χ0v) is 13.2. The second-order valence-corrected chi connectivity index (χ2v) is 5.24. The highest BCUT2D eigenvalue weighted by Gasteiger charge is 2.11. The third-order valence-corrected chi connectivity index (χ3v) is 3.61. The first-order valence-corrected chi connectivity index (χ1v) is 7.59. The normalized spacial score (nSPS) is 15.1. The maximum Gasteiger partial charge on any atom is 0.0249 e. The molecule has 21 heavy (non-hydrogen) atoms. The summed E-state index contributed by atoms with van der Waals surface area (Å²) in [7, 11) is 0. The molecule has 1 heteroatoms. The summed E-state index contributed by atoms with van der Waals surface area (Å²) in [5, 5.41) is 0. The van der Waals surface area contributed by atoms with Crippen molar-refractivity contribution in [2.45, 2.75) is 27.2 Å².